The van der Waals surface area contributed by atoms with Gasteiger partial charge >= 0.3 is 0 Å². The van der Waals surface area contributed by atoms with Crippen LogP contribution in [0.25, 0.3) is 11.4 Å². The second-order valence-corrected chi connectivity index (χ2v) is 5.92. The zero-order chi connectivity index (χ0) is 19.9. The van der Waals surface area contributed by atoms with E-state index in [1.807, 2.05) is 13.0 Å². The van der Waals surface area contributed by atoms with Crippen molar-refractivity contribution in [1.29, 1.82) is 0 Å². The fourth-order valence-electron chi connectivity index (χ4n) is 2.53. The van der Waals surface area contributed by atoms with Gasteiger partial charge in [0.25, 0.3) is 5.91 Å². The third-order valence-corrected chi connectivity index (χ3v) is 3.95. The highest BCUT2D eigenvalue weighted by Gasteiger charge is 2.11. The van der Waals surface area contributed by atoms with Crippen LogP contribution in [-0.2, 0) is 11.2 Å². The molecule has 0 bridgehead atoms. The van der Waals surface area contributed by atoms with Crippen LogP contribution in [0, 0.1) is 5.82 Å². The molecule has 0 aliphatic heterocycles. The van der Waals surface area contributed by atoms with Crippen molar-refractivity contribution in [3.05, 3.63) is 66.1 Å². The van der Waals surface area contributed by atoms with E-state index in [0.29, 0.717) is 29.2 Å². The van der Waals surface area contributed by atoms with Gasteiger partial charge in [0, 0.05) is 17.3 Å². The van der Waals surface area contributed by atoms with Crippen LogP contribution in [0.3, 0.4) is 0 Å². The lowest BCUT2D eigenvalue weighted by atomic mass is 10.2. The second kappa shape index (κ2) is 8.94. The maximum absolute atomic E-state index is 13.2. The Hall–Kier alpha value is -3.48. The van der Waals surface area contributed by atoms with E-state index in [-0.39, 0.29) is 24.2 Å². The van der Waals surface area contributed by atoms with E-state index in [2.05, 4.69) is 15.3 Å². The highest BCUT2D eigenvalue weighted by atomic mass is 19.1. The molecule has 28 heavy (non-hydrogen) atoms. The molecular weight excluding hydrogens is 361 g/mol. The Kier molecular flexibility index (Phi) is 6.16. The number of rotatable bonds is 7. The Morgan fingerprint density at radius 1 is 1.11 bits per heavy atom. The van der Waals surface area contributed by atoms with E-state index in [9.17, 15) is 9.18 Å². The van der Waals surface area contributed by atoms with Crippen molar-refractivity contribution in [2.45, 2.75) is 13.3 Å². The zero-order valence-electron chi connectivity index (χ0n) is 15.6. The van der Waals surface area contributed by atoms with Crippen LogP contribution in [-0.4, -0.2) is 29.6 Å². The largest absolute Gasteiger partial charge is 0.495 e. The average molecular weight is 381 g/mol. The van der Waals surface area contributed by atoms with Gasteiger partial charge in [-0.25, -0.2) is 9.37 Å². The minimum Gasteiger partial charge on any atom is -0.495 e. The van der Waals surface area contributed by atoms with Gasteiger partial charge in [-0.15, -0.1) is 0 Å². The maximum atomic E-state index is 13.2. The van der Waals surface area contributed by atoms with Crippen molar-refractivity contribution < 1.29 is 18.7 Å². The minimum atomic E-state index is -0.343. The van der Waals surface area contributed by atoms with Crippen molar-refractivity contribution in [1.82, 2.24) is 9.97 Å². The molecule has 0 saturated carbocycles. The van der Waals surface area contributed by atoms with Crippen LogP contribution in [0.2, 0.25) is 0 Å². The fraction of sp³-hybridized carbons (Fsp3) is 0.190. The van der Waals surface area contributed by atoms with Crippen molar-refractivity contribution in [2.24, 2.45) is 0 Å². The summed E-state index contributed by atoms with van der Waals surface area (Å²) in [6.07, 6.45) is 0.667. The standard InChI is InChI=1S/C21H20FN3O3/c1-3-16-12-20(25-21(23-16)14-8-10-15(22)11-9-14)28-13-19(26)24-17-6-4-5-7-18(17)27-2/h4-12H,3,13H2,1-2H3,(H,24,26). The van der Waals surface area contributed by atoms with E-state index in [1.54, 1.807) is 36.4 Å². The molecule has 1 amide bonds. The monoisotopic (exact) mass is 381 g/mol. The predicted molar refractivity (Wildman–Crippen MR) is 104 cm³/mol. The molecule has 6 nitrogen and oxygen atoms in total. The van der Waals surface area contributed by atoms with Gasteiger partial charge in [-0.3, -0.25) is 4.79 Å². The molecule has 0 radical (unpaired) electrons. The molecule has 1 heterocycles. The Morgan fingerprint density at radius 3 is 2.57 bits per heavy atom. The molecule has 7 heteroatoms. The van der Waals surface area contributed by atoms with Crippen LogP contribution in [0.5, 0.6) is 11.6 Å². The number of ether oxygens (including phenoxy) is 2. The smallest absolute Gasteiger partial charge is 0.262 e. The summed E-state index contributed by atoms with van der Waals surface area (Å²) in [7, 11) is 1.53. The third-order valence-electron chi connectivity index (χ3n) is 3.95. The van der Waals surface area contributed by atoms with Gasteiger partial charge in [-0.2, -0.15) is 4.98 Å². The minimum absolute atomic E-state index is 0.221. The van der Waals surface area contributed by atoms with Crippen LogP contribution in [0.15, 0.2) is 54.6 Å². The SMILES string of the molecule is CCc1cc(OCC(=O)Nc2ccccc2OC)nc(-c2ccc(F)cc2)n1. The summed E-state index contributed by atoms with van der Waals surface area (Å²) in [6.45, 7) is 1.73. The summed E-state index contributed by atoms with van der Waals surface area (Å²) in [5, 5.41) is 2.74. The van der Waals surface area contributed by atoms with Crippen molar-refractivity contribution in [3.8, 4) is 23.0 Å². The Labute approximate surface area is 162 Å². The van der Waals surface area contributed by atoms with E-state index in [4.69, 9.17) is 9.47 Å². The quantitative estimate of drug-likeness (QED) is 0.673. The van der Waals surface area contributed by atoms with Crippen LogP contribution in [0.1, 0.15) is 12.6 Å². The number of para-hydroxylation sites is 2. The Morgan fingerprint density at radius 2 is 1.86 bits per heavy atom. The van der Waals surface area contributed by atoms with Gasteiger partial charge in [0.2, 0.25) is 5.88 Å². The van der Waals surface area contributed by atoms with Crippen LogP contribution < -0.4 is 14.8 Å². The Balaban J connectivity index is 1.72. The summed E-state index contributed by atoms with van der Waals surface area (Å²) in [4.78, 5) is 21.0. The number of nitrogens with one attached hydrogen (secondary N) is 1. The fourth-order valence-corrected chi connectivity index (χ4v) is 2.53. The molecule has 3 aromatic rings. The van der Waals surface area contributed by atoms with E-state index in [1.165, 1.54) is 19.2 Å². The zero-order valence-corrected chi connectivity index (χ0v) is 15.6. The first-order valence-electron chi connectivity index (χ1n) is 8.78. The number of carbonyl (C=O) groups is 1. The molecule has 0 aliphatic carbocycles. The molecule has 0 aliphatic rings. The lowest BCUT2D eigenvalue weighted by Gasteiger charge is -2.11. The van der Waals surface area contributed by atoms with E-state index < -0.39 is 0 Å². The molecule has 144 valence electrons. The molecule has 0 fully saturated rings. The lowest BCUT2D eigenvalue weighted by molar-refractivity contribution is -0.118. The molecule has 1 aromatic heterocycles. The average Bonchev–Trinajstić information content (AvgIpc) is 2.73. The van der Waals surface area contributed by atoms with Crippen LogP contribution in [0.4, 0.5) is 10.1 Å². The number of benzene rings is 2. The summed E-state index contributed by atoms with van der Waals surface area (Å²) in [5.74, 6) is 0.579. The number of hydrogen-bond acceptors (Lipinski definition) is 5. The first-order valence-corrected chi connectivity index (χ1v) is 8.78. The highest BCUT2D eigenvalue weighted by molar-refractivity contribution is 5.93. The number of nitrogens with zero attached hydrogens (tertiary/aromatic N) is 2. The summed E-state index contributed by atoms with van der Waals surface area (Å²) in [5.41, 5.74) is 1.98. The molecule has 1 N–H and O–H groups in total. The normalized spacial score (nSPS) is 10.4. The molecule has 2 aromatic carbocycles. The molecular formula is C21H20FN3O3. The number of hydrogen-bond donors (Lipinski definition) is 1. The number of amides is 1. The molecule has 0 spiro atoms. The summed E-state index contributed by atoms with van der Waals surface area (Å²) < 4.78 is 23.9. The van der Waals surface area contributed by atoms with Gasteiger partial charge in [0.05, 0.1) is 12.8 Å². The van der Waals surface area contributed by atoms with Gasteiger partial charge in [-0.1, -0.05) is 19.1 Å². The topological polar surface area (TPSA) is 73.3 Å². The number of aryl methyl sites for hydroxylation is 1. The van der Waals surface area contributed by atoms with Gasteiger partial charge in [-0.05, 0) is 42.8 Å². The van der Waals surface area contributed by atoms with Gasteiger partial charge < -0.3 is 14.8 Å². The van der Waals surface area contributed by atoms with Crippen molar-refractivity contribution >= 4 is 11.6 Å². The van der Waals surface area contributed by atoms with E-state index >= 15 is 0 Å². The summed E-state index contributed by atoms with van der Waals surface area (Å²) >= 11 is 0. The molecule has 0 unspecified atom stereocenters. The number of methoxy groups -OCH3 is 1. The maximum Gasteiger partial charge on any atom is 0.262 e. The van der Waals surface area contributed by atoms with Gasteiger partial charge in [0.15, 0.2) is 12.4 Å². The number of carbonyl (C=O) groups excluding carboxylic acids is 1. The summed E-state index contributed by atoms with van der Waals surface area (Å²) in [6, 6.07) is 14.7. The van der Waals surface area contributed by atoms with Crippen LogP contribution >= 0.6 is 0 Å². The number of aromatic nitrogens is 2. The molecule has 0 saturated heterocycles. The van der Waals surface area contributed by atoms with Gasteiger partial charge in [0.1, 0.15) is 11.6 Å². The highest BCUT2D eigenvalue weighted by Crippen LogP contribution is 2.23. The molecule has 3 rings (SSSR count). The number of halogens is 1. The van der Waals surface area contributed by atoms with Crippen molar-refractivity contribution in [2.75, 3.05) is 19.0 Å². The molecule has 0 atom stereocenters. The van der Waals surface area contributed by atoms with E-state index in [0.717, 1.165) is 5.69 Å². The third kappa shape index (κ3) is 4.82. The first-order chi connectivity index (χ1) is 13.6. The number of anilines is 1. The Bertz CT molecular complexity index is 961. The second-order valence-electron chi connectivity index (χ2n) is 5.92. The predicted octanol–water partition coefficient (Wildman–Crippen LogP) is 3.87. The van der Waals surface area contributed by atoms with Crippen molar-refractivity contribution in [3.63, 3.8) is 0 Å². The first kappa shape index (κ1) is 19.3. The lowest BCUT2D eigenvalue weighted by Crippen LogP contribution is -2.21.